The van der Waals surface area contributed by atoms with Crippen LogP contribution in [0.15, 0.2) is 57.9 Å². The predicted octanol–water partition coefficient (Wildman–Crippen LogP) is 4.04. The van der Waals surface area contributed by atoms with Crippen molar-refractivity contribution >= 4 is 31.6 Å². The molecule has 0 unspecified atom stereocenters. The van der Waals surface area contributed by atoms with E-state index in [1.165, 1.54) is 12.1 Å². The van der Waals surface area contributed by atoms with E-state index < -0.39 is 10.0 Å². The molecule has 0 aliphatic heterocycles. The first-order valence-corrected chi connectivity index (χ1v) is 8.69. The minimum Gasteiger partial charge on any atom is -0.491 e. The van der Waals surface area contributed by atoms with Gasteiger partial charge in [0.15, 0.2) is 0 Å². The number of benzene rings is 2. The van der Waals surface area contributed by atoms with Gasteiger partial charge in [0, 0.05) is 10.2 Å². The molecule has 0 aromatic heterocycles. The van der Waals surface area contributed by atoms with Crippen molar-refractivity contribution in [1.29, 1.82) is 0 Å². The van der Waals surface area contributed by atoms with Crippen molar-refractivity contribution in [2.75, 3.05) is 4.72 Å². The molecule has 0 aliphatic carbocycles. The molecule has 0 heterocycles. The van der Waals surface area contributed by atoms with E-state index in [-0.39, 0.29) is 11.0 Å². The van der Waals surface area contributed by atoms with Crippen LogP contribution >= 0.6 is 15.9 Å². The maximum absolute atomic E-state index is 12.3. The second kappa shape index (κ2) is 6.49. The molecule has 6 heteroatoms. The third-order valence-electron chi connectivity index (χ3n) is 2.60. The Hall–Kier alpha value is -1.53. The first-order chi connectivity index (χ1) is 9.87. The van der Waals surface area contributed by atoms with Gasteiger partial charge in [-0.25, -0.2) is 8.42 Å². The van der Waals surface area contributed by atoms with Gasteiger partial charge in [-0.2, -0.15) is 0 Å². The van der Waals surface area contributed by atoms with Gasteiger partial charge in [-0.05, 0) is 62.4 Å². The van der Waals surface area contributed by atoms with E-state index in [4.69, 9.17) is 4.74 Å². The van der Waals surface area contributed by atoms with Crippen LogP contribution in [0.5, 0.6) is 5.75 Å². The minimum absolute atomic E-state index is 0.0494. The van der Waals surface area contributed by atoms with Gasteiger partial charge in [0.1, 0.15) is 5.75 Å². The number of hydrogen-bond acceptors (Lipinski definition) is 3. The Morgan fingerprint density at radius 3 is 2.10 bits per heavy atom. The van der Waals surface area contributed by atoms with Crippen molar-refractivity contribution in [2.24, 2.45) is 0 Å². The van der Waals surface area contributed by atoms with E-state index >= 15 is 0 Å². The molecule has 0 bridgehead atoms. The zero-order valence-corrected chi connectivity index (χ0v) is 14.1. The molecule has 0 saturated heterocycles. The van der Waals surface area contributed by atoms with Crippen LogP contribution in [0, 0.1) is 0 Å². The molecule has 0 saturated carbocycles. The minimum atomic E-state index is -3.59. The van der Waals surface area contributed by atoms with Gasteiger partial charge in [0.05, 0.1) is 11.0 Å². The molecule has 0 radical (unpaired) electrons. The number of nitrogens with one attached hydrogen (secondary N) is 1. The molecule has 1 N–H and O–H groups in total. The maximum Gasteiger partial charge on any atom is 0.261 e. The topological polar surface area (TPSA) is 55.4 Å². The summed E-state index contributed by atoms with van der Waals surface area (Å²) in [7, 11) is -3.59. The highest BCUT2D eigenvalue weighted by Crippen LogP contribution is 2.21. The average Bonchev–Trinajstić information content (AvgIpc) is 2.41. The SMILES string of the molecule is CC(C)Oc1ccc(S(=O)(=O)Nc2ccc(Br)cc2)cc1. The Kier molecular flexibility index (Phi) is 4.90. The highest BCUT2D eigenvalue weighted by Gasteiger charge is 2.14. The number of sulfonamides is 1. The lowest BCUT2D eigenvalue weighted by atomic mass is 10.3. The average molecular weight is 370 g/mol. The van der Waals surface area contributed by atoms with E-state index in [1.807, 2.05) is 13.8 Å². The molecule has 112 valence electrons. The van der Waals surface area contributed by atoms with Gasteiger partial charge in [0.2, 0.25) is 0 Å². The summed E-state index contributed by atoms with van der Waals surface area (Å²) in [5.74, 6) is 0.646. The highest BCUT2D eigenvalue weighted by atomic mass is 79.9. The van der Waals surface area contributed by atoms with Crippen LogP contribution in [0.25, 0.3) is 0 Å². The fraction of sp³-hybridized carbons (Fsp3) is 0.200. The Bertz CT molecular complexity index is 695. The quantitative estimate of drug-likeness (QED) is 0.864. The highest BCUT2D eigenvalue weighted by molar-refractivity contribution is 9.10. The van der Waals surface area contributed by atoms with Crippen LogP contribution in [-0.4, -0.2) is 14.5 Å². The molecule has 0 aliphatic rings. The van der Waals surface area contributed by atoms with E-state index in [2.05, 4.69) is 20.7 Å². The Morgan fingerprint density at radius 1 is 1.00 bits per heavy atom. The molecule has 2 aromatic rings. The fourth-order valence-electron chi connectivity index (χ4n) is 1.70. The van der Waals surface area contributed by atoms with Crippen molar-refractivity contribution in [3.63, 3.8) is 0 Å². The number of anilines is 1. The number of ether oxygens (including phenoxy) is 1. The third kappa shape index (κ3) is 4.47. The predicted molar refractivity (Wildman–Crippen MR) is 87.2 cm³/mol. The van der Waals surface area contributed by atoms with Crippen molar-refractivity contribution in [3.05, 3.63) is 53.0 Å². The van der Waals surface area contributed by atoms with Gasteiger partial charge in [0.25, 0.3) is 10.0 Å². The summed E-state index contributed by atoms with van der Waals surface area (Å²) < 4.78 is 33.4. The summed E-state index contributed by atoms with van der Waals surface area (Å²) in [6.07, 6.45) is 0.0494. The maximum atomic E-state index is 12.3. The number of halogens is 1. The van der Waals surface area contributed by atoms with Crippen molar-refractivity contribution in [3.8, 4) is 5.75 Å². The molecule has 2 aromatic carbocycles. The first-order valence-electron chi connectivity index (χ1n) is 6.42. The summed E-state index contributed by atoms with van der Waals surface area (Å²) in [4.78, 5) is 0.196. The fourth-order valence-corrected chi connectivity index (χ4v) is 3.02. The molecular weight excluding hydrogens is 354 g/mol. The summed E-state index contributed by atoms with van der Waals surface area (Å²) >= 11 is 3.31. The lowest BCUT2D eigenvalue weighted by Crippen LogP contribution is -2.13. The normalized spacial score (nSPS) is 11.4. The lowest BCUT2D eigenvalue weighted by molar-refractivity contribution is 0.242. The van der Waals surface area contributed by atoms with E-state index in [0.29, 0.717) is 11.4 Å². The summed E-state index contributed by atoms with van der Waals surface area (Å²) in [5, 5.41) is 0. The summed E-state index contributed by atoms with van der Waals surface area (Å²) in [5.41, 5.74) is 0.515. The van der Waals surface area contributed by atoms with Crippen molar-refractivity contribution in [1.82, 2.24) is 0 Å². The van der Waals surface area contributed by atoms with Crippen LogP contribution < -0.4 is 9.46 Å². The smallest absolute Gasteiger partial charge is 0.261 e. The van der Waals surface area contributed by atoms with Crippen LogP contribution in [0.4, 0.5) is 5.69 Å². The van der Waals surface area contributed by atoms with Gasteiger partial charge >= 0.3 is 0 Å². The molecule has 0 fully saturated rings. The van der Waals surface area contributed by atoms with Crippen molar-refractivity contribution < 1.29 is 13.2 Å². The molecule has 0 amide bonds. The molecule has 0 atom stereocenters. The van der Waals surface area contributed by atoms with Gasteiger partial charge in [-0.1, -0.05) is 15.9 Å². The van der Waals surface area contributed by atoms with E-state index in [1.54, 1.807) is 36.4 Å². The zero-order chi connectivity index (χ0) is 15.5. The van der Waals surface area contributed by atoms with E-state index in [0.717, 1.165) is 4.47 Å². The van der Waals surface area contributed by atoms with Crippen LogP contribution in [0.1, 0.15) is 13.8 Å². The summed E-state index contributed by atoms with van der Waals surface area (Å²) in [6, 6.07) is 13.3. The molecule has 4 nitrogen and oxygen atoms in total. The summed E-state index contributed by atoms with van der Waals surface area (Å²) in [6.45, 7) is 3.83. The molecule has 0 spiro atoms. The first kappa shape index (κ1) is 15.9. The third-order valence-corrected chi connectivity index (χ3v) is 4.53. The number of hydrogen-bond donors (Lipinski definition) is 1. The second-order valence-electron chi connectivity index (χ2n) is 4.75. The van der Waals surface area contributed by atoms with Crippen LogP contribution in [0.3, 0.4) is 0 Å². The standard InChI is InChI=1S/C15H16BrNO3S/c1-11(2)20-14-7-9-15(10-8-14)21(18,19)17-13-5-3-12(16)4-6-13/h3-11,17H,1-2H3. The lowest BCUT2D eigenvalue weighted by Gasteiger charge is -2.11. The van der Waals surface area contributed by atoms with Gasteiger partial charge in [-0.15, -0.1) is 0 Å². The van der Waals surface area contributed by atoms with Crippen LogP contribution in [-0.2, 0) is 10.0 Å². The Morgan fingerprint density at radius 2 is 1.57 bits per heavy atom. The van der Waals surface area contributed by atoms with Crippen molar-refractivity contribution in [2.45, 2.75) is 24.8 Å². The molecule has 21 heavy (non-hydrogen) atoms. The monoisotopic (exact) mass is 369 g/mol. The molecule has 2 rings (SSSR count). The van der Waals surface area contributed by atoms with Gasteiger partial charge < -0.3 is 4.74 Å². The van der Waals surface area contributed by atoms with Gasteiger partial charge in [-0.3, -0.25) is 4.72 Å². The molecular formula is C15H16BrNO3S. The second-order valence-corrected chi connectivity index (χ2v) is 7.35. The van der Waals surface area contributed by atoms with Crippen LogP contribution in [0.2, 0.25) is 0 Å². The Labute approximate surface area is 133 Å². The van der Waals surface area contributed by atoms with E-state index in [9.17, 15) is 8.42 Å². The number of rotatable bonds is 5. The largest absolute Gasteiger partial charge is 0.491 e. The zero-order valence-electron chi connectivity index (χ0n) is 11.7. The Balaban J connectivity index is 2.17.